The zero-order valence-corrected chi connectivity index (χ0v) is 17.1. The van der Waals surface area contributed by atoms with Crippen LogP contribution in [0.15, 0.2) is 28.3 Å². The fourth-order valence-electron chi connectivity index (χ4n) is 3.11. The smallest absolute Gasteiger partial charge is 0.311 e. The first-order valence-corrected chi connectivity index (χ1v) is 9.98. The van der Waals surface area contributed by atoms with Crippen molar-refractivity contribution >= 4 is 50.9 Å². The molecule has 3 N–H and O–H groups in total. The number of amides is 1. The highest BCUT2D eigenvalue weighted by atomic mass is 32.1. The van der Waals surface area contributed by atoms with Crippen LogP contribution >= 0.6 is 23.6 Å². The number of H-pyrrole nitrogens is 1. The van der Waals surface area contributed by atoms with E-state index in [1.165, 1.54) is 22.4 Å². The number of thiocarbonyl (C=S) groups is 1. The van der Waals surface area contributed by atoms with Gasteiger partial charge >= 0.3 is 4.87 Å². The molecule has 0 radical (unpaired) electrons. The van der Waals surface area contributed by atoms with Crippen molar-refractivity contribution in [1.29, 1.82) is 0 Å². The average molecular weight is 452 g/mol. The van der Waals surface area contributed by atoms with Crippen LogP contribution in [0.25, 0.3) is 10.3 Å². The minimum absolute atomic E-state index is 0.0667. The molecule has 0 saturated carbocycles. The molecule has 0 aromatic carbocycles. The van der Waals surface area contributed by atoms with Crippen molar-refractivity contribution in [3.8, 4) is 0 Å². The zero-order chi connectivity index (χ0) is 21.4. The number of imidazole rings is 1. The number of hydrogen-bond acceptors (Lipinski definition) is 10. The van der Waals surface area contributed by atoms with Crippen molar-refractivity contribution in [2.24, 2.45) is 0 Å². The molecule has 12 nitrogen and oxygen atoms in total. The summed E-state index contributed by atoms with van der Waals surface area (Å²) in [6, 6.07) is 0. The molecule has 3 unspecified atom stereocenters. The number of carbonyl (C=O) groups excluding carboxylic acids is 1. The lowest BCUT2D eigenvalue weighted by Crippen LogP contribution is -2.31. The van der Waals surface area contributed by atoms with Crippen LogP contribution < -0.4 is 15.7 Å². The summed E-state index contributed by atoms with van der Waals surface area (Å²) in [5, 5.41) is 12.2. The highest BCUT2D eigenvalue weighted by molar-refractivity contribution is 7.80. The molecule has 3 aromatic rings. The van der Waals surface area contributed by atoms with E-state index in [4.69, 9.17) is 21.7 Å². The Morgan fingerprint density at radius 2 is 2.33 bits per heavy atom. The fourth-order valence-corrected chi connectivity index (χ4v) is 4.20. The molecule has 158 valence electrons. The molecule has 1 amide bonds. The number of aromatic nitrogens is 5. The Balaban J connectivity index is 1.66. The molecule has 14 heteroatoms. The van der Waals surface area contributed by atoms with Crippen LogP contribution in [0.1, 0.15) is 19.6 Å². The first-order valence-electron chi connectivity index (χ1n) is 8.75. The number of hydrogen-bond donors (Lipinski definition) is 3. The summed E-state index contributed by atoms with van der Waals surface area (Å²) < 4.78 is 14.4. The van der Waals surface area contributed by atoms with Gasteiger partial charge in [0.25, 0.3) is 10.7 Å². The van der Waals surface area contributed by atoms with Gasteiger partial charge in [-0.25, -0.2) is 4.98 Å². The van der Waals surface area contributed by atoms with E-state index in [-0.39, 0.29) is 34.5 Å². The number of anilines is 1. The quantitative estimate of drug-likeness (QED) is 0.457. The minimum atomic E-state index is -0.849. The molecule has 0 bridgehead atoms. The summed E-state index contributed by atoms with van der Waals surface area (Å²) in [5.74, 6) is -0.516. The number of thiazole rings is 1. The van der Waals surface area contributed by atoms with Gasteiger partial charge in [0, 0.05) is 25.7 Å². The first-order chi connectivity index (χ1) is 14.4. The topological polar surface area (TPSA) is 153 Å². The van der Waals surface area contributed by atoms with Crippen LogP contribution in [0.5, 0.6) is 0 Å². The van der Waals surface area contributed by atoms with Crippen LogP contribution in [0.2, 0.25) is 0 Å². The Kier molecular flexibility index (Phi) is 5.46. The largest absolute Gasteiger partial charge is 0.464 e. The van der Waals surface area contributed by atoms with Crippen molar-refractivity contribution in [3.63, 3.8) is 0 Å². The Morgan fingerprint density at radius 1 is 1.53 bits per heavy atom. The Hall–Kier alpha value is -2.94. The number of aromatic amines is 1. The van der Waals surface area contributed by atoms with Crippen molar-refractivity contribution in [1.82, 2.24) is 24.1 Å². The molecule has 4 heterocycles. The molecule has 1 aliphatic heterocycles. The van der Waals surface area contributed by atoms with E-state index in [0.29, 0.717) is 11.3 Å². The van der Waals surface area contributed by atoms with Gasteiger partial charge in [0.1, 0.15) is 29.5 Å². The Morgan fingerprint density at radius 3 is 3.00 bits per heavy atom. The standard InChI is InChI=1S/C16H16N6O6S2/c1-7(24)18-14-19-12-11(13(25)20-14)30-15(26)22(12)10-4-8(9(5-23)27-10)28-16(29)21-3-2-17-6-21/h2-3,6,8-10,23H,4-5H2,1H3,(H2,18,19,20,24,25). The SMILES string of the molecule is CC(=O)Nc1nc2c(sc(=O)n2C2CC(OC(=S)n3ccnc3)C(CO)O2)c(=O)[nH]1. The van der Waals surface area contributed by atoms with Crippen LogP contribution in [-0.4, -0.2) is 59.1 Å². The number of carbonyl (C=O) groups is 1. The van der Waals surface area contributed by atoms with Gasteiger partial charge in [0.15, 0.2) is 5.65 Å². The van der Waals surface area contributed by atoms with Gasteiger partial charge in [-0.15, -0.1) is 0 Å². The van der Waals surface area contributed by atoms with Crippen molar-refractivity contribution < 1.29 is 19.4 Å². The Labute approximate surface area is 177 Å². The van der Waals surface area contributed by atoms with Gasteiger partial charge in [0.05, 0.1) is 6.61 Å². The van der Waals surface area contributed by atoms with E-state index < -0.39 is 34.8 Å². The molecular formula is C16H16N6O6S2. The highest BCUT2D eigenvalue weighted by Gasteiger charge is 2.40. The fraction of sp³-hybridized carbons (Fsp3) is 0.375. The van der Waals surface area contributed by atoms with Gasteiger partial charge in [-0.1, -0.05) is 11.3 Å². The van der Waals surface area contributed by atoms with E-state index in [2.05, 4.69) is 20.3 Å². The summed E-state index contributed by atoms with van der Waals surface area (Å²) in [6.45, 7) is 0.900. The number of aliphatic hydroxyl groups is 1. The van der Waals surface area contributed by atoms with Crippen molar-refractivity contribution in [2.45, 2.75) is 31.8 Å². The van der Waals surface area contributed by atoms with Gasteiger partial charge < -0.3 is 14.6 Å². The molecule has 4 rings (SSSR count). The molecule has 1 fully saturated rings. The van der Waals surface area contributed by atoms with Crippen molar-refractivity contribution in [2.75, 3.05) is 11.9 Å². The molecular weight excluding hydrogens is 436 g/mol. The lowest BCUT2D eigenvalue weighted by molar-refractivity contribution is -0.114. The summed E-state index contributed by atoms with van der Waals surface area (Å²) in [6.07, 6.45) is 2.55. The number of nitrogens with zero attached hydrogens (tertiary/aromatic N) is 4. The monoisotopic (exact) mass is 452 g/mol. The first kappa shape index (κ1) is 20.3. The second-order valence-electron chi connectivity index (χ2n) is 6.43. The second kappa shape index (κ2) is 8.06. The third kappa shape index (κ3) is 3.77. The summed E-state index contributed by atoms with van der Waals surface area (Å²) >= 11 is 5.94. The predicted molar refractivity (Wildman–Crippen MR) is 110 cm³/mol. The van der Waals surface area contributed by atoms with Crippen LogP contribution in [-0.2, 0) is 14.3 Å². The molecule has 3 aromatic heterocycles. The van der Waals surface area contributed by atoms with Crippen LogP contribution in [0, 0.1) is 0 Å². The predicted octanol–water partition coefficient (Wildman–Crippen LogP) is -0.201. The molecule has 0 aliphatic carbocycles. The average Bonchev–Trinajstić information content (AvgIpc) is 3.39. The number of fused-ring (bicyclic) bond motifs is 1. The van der Waals surface area contributed by atoms with Crippen LogP contribution in [0.3, 0.4) is 0 Å². The second-order valence-corrected chi connectivity index (χ2v) is 7.74. The van der Waals surface area contributed by atoms with Gasteiger partial charge in [-0.2, -0.15) is 4.98 Å². The normalized spacial score (nSPS) is 21.1. The molecule has 1 aliphatic rings. The Bertz CT molecular complexity index is 1220. The van der Waals surface area contributed by atoms with E-state index in [1.807, 2.05) is 0 Å². The van der Waals surface area contributed by atoms with Gasteiger partial charge in [-0.3, -0.25) is 33.8 Å². The third-order valence-electron chi connectivity index (χ3n) is 4.38. The number of nitrogens with one attached hydrogen (secondary N) is 2. The van der Waals surface area contributed by atoms with Gasteiger partial charge in [-0.05, 0) is 12.2 Å². The zero-order valence-electron chi connectivity index (χ0n) is 15.5. The van der Waals surface area contributed by atoms with E-state index in [9.17, 15) is 19.5 Å². The summed E-state index contributed by atoms with van der Waals surface area (Å²) in [4.78, 5) is 46.2. The lowest BCUT2D eigenvalue weighted by atomic mass is 10.2. The van der Waals surface area contributed by atoms with Crippen molar-refractivity contribution in [3.05, 3.63) is 38.7 Å². The number of rotatable bonds is 4. The minimum Gasteiger partial charge on any atom is -0.464 e. The van der Waals surface area contributed by atoms with E-state index in [1.54, 1.807) is 12.4 Å². The summed E-state index contributed by atoms with van der Waals surface area (Å²) in [5.41, 5.74) is -0.493. The van der Waals surface area contributed by atoms with Gasteiger partial charge in [0.2, 0.25) is 11.9 Å². The molecule has 30 heavy (non-hydrogen) atoms. The number of ether oxygens (including phenoxy) is 2. The number of aliphatic hydroxyl groups excluding tert-OH is 1. The maximum Gasteiger partial charge on any atom is 0.311 e. The summed E-state index contributed by atoms with van der Waals surface area (Å²) in [7, 11) is 0. The maximum atomic E-state index is 12.6. The third-order valence-corrected chi connectivity index (χ3v) is 5.63. The maximum absolute atomic E-state index is 12.6. The lowest BCUT2D eigenvalue weighted by Gasteiger charge is -2.18. The molecule has 0 spiro atoms. The van der Waals surface area contributed by atoms with E-state index in [0.717, 1.165) is 0 Å². The highest BCUT2D eigenvalue weighted by Crippen LogP contribution is 2.32. The molecule has 3 atom stereocenters. The van der Waals surface area contributed by atoms with Crippen LogP contribution in [0.4, 0.5) is 5.95 Å². The molecule has 1 saturated heterocycles. The van der Waals surface area contributed by atoms with E-state index >= 15 is 0 Å².